The average molecular weight is 408 g/mol. The Morgan fingerprint density at radius 2 is 1.97 bits per heavy atom. The zero-order valence-corrected chi connectivity index (χ0v) is 17.8. The second-order valence-corrected chi connectivity index (χ2v) is 11.3. The van der Waals surface area contributed by atoms with Crippen LogP contribution in [-0.2, 0) is 16.3 Å². The Morgan fingerprint density at radius 1 is 1.10 bits per heavy atom. The molecule has 4 unspecified atom stereocenters. The van der Waals surface area contributed by atoms with Gasteiger partial charge in [-0.05, 0) is 62.7 Å². The molecule has 4 aliphatic rings. The van der Waals surface area contributed by atoms with Crippen LogP contribution < -0.4 is 5.32 Å². The molecular formula is C25H29NO2S. The molecule has 1 aromatic carbocycles. The molecule has 0 fully saturated rings. The molecule has 0 saturated carbocycles. The third-order valence-corrected chi connectivity index (χ3v) is 10.0. The number of allylic oxidation sites excluding steroid dienone is 4. The Morgan fingerprint density at radius 3 is 2.72 bits per heavy atom. The van der Waals surface area contributed by atoms with Crippen molar-refractivity contribution < 1.29 is 8.42 Å². The van der Waals surface area contributed by atoms with E-state index in [9.17, 15) is 8.42 Å². The predicted octanol–water partition coefficient (Wildman–Crippen LogP) is 5.14. The first-order valence-electron chi connectivity index (χ1n) is 10.8. The molecule has 4 atom stereocenters. The van der Waals surface area contributed by atoms with Crippen LogP contribution in [0.2, 0.25) is 0 Å². The van der Waals surface area contributed by atoms with Crippen LogP contribution in [0.4, 0.5) is 5.69 Å². The highest BCUT2D eigenvalue weighted by atomic mass is 32.2. The number of benzene rings is 1. The van der Waals surface area contributed by atoms with Crippen molar-refractivity contribution in [3.63, 3.8) is 0 Å². The Labute approximate surface area is 174 Å². The van der Waals surface area contributed by atoms with Gasteiger partial charge in [-0.3, -0.25) is 0 Å². The van der Waals surface area contributed by atoms with Crippen LogP contribution in [0.25, 0.3) is 0 Å². The molecule has 1 aromatic rings. The van der Waals surface area contributed by atoms with Crippen molar-refractivity contribution in [1.29, 1.82) is 0 Å². The van der Waals surface area contributed by atoms with Crippen LogP contribution in [0.5, 0.6) is 0 Å². The molecule has 1 N–H and O–H groups in total. The Hall–Kier alpha value is -2.07. The number of hydrogen-bond donors (Lipinski definition) is 1. The summed E-state index contributed by atoms with van der Waals surface area (Å²) in [5, 5.41) is 3.12. The minimum atomic E-state index is -3.45. The number of para-hydroxylation sites is 1. The first kappa shape index (κ1) is 18.9. The van der Waals surface area contributed by atoms with E-state index >= 15 is 0 Å². The summed E-state index contributed by atoms with van der Waals surface area (Å²) in [5.41, 5.74) is 4.63. The molecule has 0 saturated heterocycles. The molecule has 0 amide bonds. The number of rotatable bonds is 3. The van der Waals surface area contributed by atoms with E-state index in [4.69, 9.17) is 0 Å². The predicted molar refractivity (Wildman–Crippen MR) is 120 cm³/mol. The number of sulfone groups is 1. The highest BCUT2D eigenvalue weighted by Gasteiger charge is 2.53. The number of hydrogen-bond acceptors (Lipinski definition) is 3. The molecule has 152 valence electrons. The van der Waals surface area contributed by atoms with Gasteiger partial charge < -0.3 is 5.32 Å². The summed E-state index contributed by atoms with van der Waals surface area (Å²) in [6.07, 6.45) is 17.9. The van der Waals surface area contributed by atoms with E-state index < -0.39 is 19.8 Å². The van der Waals surface area contributed by atoms with Crippen molar-refractivity contribution >= 4 is 15.5 Å². The molecule has 0 aromatic heterocycles. The standard InChI is InChI=1S/C25H29NO2S/c1-18-13-15-25(16-14-18,20-8-3-2-4-9-20)29(27,28)24-12-11-23-21(24)17-19-7-5-6-10-22(19)26-23/h5-8,10-15,21,23-24,26H,2-4,9,16-17H2,1H3. The molecule has 0 spiro atoms. The molecule has 0 radical (unpaired) electrons. The third-order valence-electron chi connectivity index (χ3n) is 7.23. The van der Waals surface area contributed by atoms with Gasteiger partial charge in [0.25, 0.3) is 0 Å². The quantitative estimate of drug-likeness (QED) is 0.706. The summed E-state index contributed by atoms with van der Waals surface area (Å²) in [6.45, 7) is 2.05. The molecule has 29 heavy (non-hydrogen) atoms. The summed E-state index contributed by atoms with van der Waals surface area (Å²) < 4.78 is 27.7. The lowest BCUT2D eigenvalue weighted by Gasteiger charge is -2.40. The fraction of sp³-hybridized carbons (Fsp3) is 0.440. The smallest absolute Gasteiger partial charge is 0.170 e. The fourth-order valence-corrected chi connectivity index (χ4v) is 8.17. The molecule has 3 aliphatic carbocycles. The van der Waals surface area contributed by atoms with Gasteiger partial charge in [0.1, 0.15) is 4.75 Å². The summed E-state index contributed by atoms with van der Waals surface area (Å²) in [7, 11) is -3.45. The molecule has 1 aliphatic heterocycles. The van der Waals surface area contributed by atoms with Gasteiger partial charge in [-0.25, -0.2) is 8.42 Å². The maximum Gasteiger partial charge on any atom is 0.170 e. The number of nitrogens with one attached hydrogen (secondary N) is 1. The SMILES string of the molecule is CC1=CCC(C2=CCCCC2)(S(=O)(=O)C2C=CC3Nc4ccccc4CC32)C=C1. The zero-order chi connectivity index (χ0) is 20.1. The molecular weight excluding hydrogens is 378 g/mol. The van der Waals surface area contributed by atoms with Crippen molar-refractivity contribution in [2.24, 2.45) is 5.92 Å². The molecule has 4 heteroatoms. The summed E-state index contributed by atoms with van der Waals surface area (Å²) in [5.74, 6) is 0.0522. The zero-order valence-electron chi connectivity index (χ0n) is 17.0. The lowest BCUT2D eigenvalue weighted by molar-refractivity contribution is 0.479. The van der Waals surface area contributed by atoms with Crippen molar-refractivity contribution in [2.75, 3.05) is 5.32 Å². The topological polar surface area (TPSA) is 46.2 Å². The fourth-order valence-electron chi connectivity index (χ4n) is 5.54. The maximum absolute atomic E-state index is 14.3. The third kappa shape index (κ3) is 2.95. The van der Waals surface area contributed by atoms with E-state index in [1.54, 1.807) is 0 Å². The minimum absolute atomic E-state index is 0.0522. The van der Waals surface area contributed by atoms with E-state index in [1.165, 1.54) is 5.56 Å². The van der Waals surface area contributed by atoms with Gasteiger partial charge in [0.15, 0.2) is 9.84 Å². The second kappa shape index (κ2) is 7.02. The van der Waals surface area contributed by atoms with Crippen molar-refractivity contribution in [3.05, 3.63) is 77.4 Å². The van der Waals surface area contributed by atoms with Gasteiger partial charge >= 0.3 is 0 Å². The van der Waals surface area contributed by atoms with Gasteiger partial charge in [0.2, 0.25) is 0 Å². The normalized spacial score (nSPS) is 33.3. The summed E-state index contributed by atoms with van der Waals surface area (Å²) in [6, 6.07) is 8.37. The van der Waals surface area contributed by atoms with Crippen LogP contribution in [0.3, 0.4) is 0 Å². The lowest BCUT2D eigenvalue weighted by atomic mass is 9.83. The molecule has 3 nitrogen and oxygen atoms in total. The minimum Gasteiger partial charge on any atom is -0.378 e. The number of anilines is 1. The largest absolute Gasteiger partial charge is 0.378 e. The van der Waals surface area contributed by atoms with E-state index in [0.29, 0.717) is 6.42 Å². The van der Waals surface area contributed by atoms with E-state index in [1.807, 2.05) is 30.4 Å². The monoisotopic (exact) mass is 407 g/mol. The maximum atomic E-state index is 14.3. The van der Waals surface area contributed by atoms with Crippen LogP contribution in [0.15, 0.2) is 71.9 Å². The van der Waals surface area contributed by atoms with Gasteiger partial charge in [-0.1, -0.05) is 60.2 Å². The number of fused-ring (bicyclic) bond motifs is 2. The van der Waals surface area contributed by atoms with Crippen molar-refractivity contribution in [1.82, 2.24) is 0 Å². The average Bonchev–Trinajstić information content (AvgIpc) is 3.17. The van der Waals surface area contributed by atoms with Crippen LogP contribution in [-0.4, -0.2) is 24.5 Å². The van der Waals surface area contributed by atoms with Crippen LogP contribution in [0, 0.1) is 5.92 Å². The first-order valence-corrected chi connectivity index (χ1v) is 12.4. The lowest BCUT2D eigenvalue weighted by Crippen LogP contribution is -2.49. The van der Waals surface area contributed by atoms with Crippen LogP contribution in [0.1, 0.15) is 44.6 Å². The van der Waals surface area contributed by atoms with Gasteiger partial charge in [-0.15, -0.1) is 0 Å². The van der Waals surface area contributed by atoms with E-state index in [2.05, 4.69) is 42.6 Å². The van der Waals surface area contributed by atoms with E-state index in [0.717, 1.165) is 48.9 Å². The van der Waals surface area contributed by atoms with Crippen molar-refractivity contribution in [2.45, 2.75) is 61.5 Å². The first-order chi connectivity index (χ1) is 14.0. The highest BCUT2D eigenvalue weighted by molar-refractivity contribution is 7.94. The molecule has 5 rings (SSSR count). The van der Waals surface area contributed by atoms with Gasteiger partial charge in [0.05, 0.1) is 5.25 Å². The summed E-state index contributed by atoms with van der Waals surface area (Å²) in [4.78, 5) is 0. The molecule has 1 heterocycles. The van der Waals surface area contributed by atoms with Crippen LogP contribution >= 0.6 is 0 Å². The Kier molecular flexibility index (Phi) is 4.58. The van der Waals surface area contributed by atoms with E-state index in [-0.39, 0.29) is 12.0 Å². The highest BCUT2D eigenvalue weighted by Crippen LogP contribution is 2.47. The summed E-state index contributed by atoms with van der Waals surface area (Å²) >= 11 is 0. The van der Waals surface area contributed by atoms with Crippen molar-refractivity contribution in [3.8, 4) is 0 Å². The molecule has 0 bridgehead atoms. The van der Waals surface area contributed by atoms with Gasteiger partial charge in [0, 0.05) is 17.6 Å². The Bertz CT molecular complexity index is 1050. The van der Waals surface area contributed by atoms with Gasteiger partial charge in [-0.2, -0.15) is 0 Å². The Balaban J connectivity index is 1.55. The second-order valence-electron chi connectivity index (χ2n) is 8.94.